The molecule has 3 heterocycles. The maximum atomic E-state index is 12.3. The number of H-pyrrole nitrogens is 1. The van der Waals surface area contributed by atoms with Crippen molar-refractivity contribution >= 4 is 17.5 Å². The summed E-state index contributed by atoms with van der Waals surface area (Å²) in [6.07, 6.45) is 1.62. The molecule has 118 valence electrons. The number of aromatic amines is 1. The minimum Gasteiger partial charge on any atom is -0.424 e. The molecule has 0 bridgehead atoms. The fraction of sp³-hybridized carbons (Fsp3) is 0.500. The number of carbonyl (C=O) groups is 1. The lowest BCUT2D eigenvalue weighted by Gasteiger charge is -2.36. The number of nitrogens with one attached hydrogen (secondary N) is 1. The Morgan fingerprint density at radius 2 is 2.09 bits per heavy atom. The largest absolute Gasteiger partial charge is 0.424 e. The molecule has 1 fully saturated rings. The summed E-state index contributed by atoms with van der Waals surface area (Å²) < 4.78 is 5.48. The van der Waals surface area contributed by atoms with Gasteiger partial charge in [-0.3, -0.25) is 9.69 Å². The van der Waals surface area contributed by atoms with Crippen LogP contribution in [0, 0.1) is 6.92 Å². The van der Waals surface area contributed by atoms with Crippen LogP contribution in [0.15, 0.2) is 16.7 Å². The molecule has 0 radical (unpaired) electrons. The van der Waals surface area contributed by atoms with Gasteiger partial charge in [-0.25, -0.2) is 0 Å². The lowest BCUT2D eigenvalue weighted by atomic mass is 10.2. The number of halogens is 1. The molecule has 2 aromatic heterocycles. The van der Waals surface area contributed by atoms with Crippen molar-refractivity contribution in [2.75, 3.05) is 26.2 Å². The van der Waals surface area contributed by atoms with Crippen molar-refractivity contribution in [1.29, 1.82) is 0 Å². The Hall–Kier alpha value is -1.86. The summed E-state index contributed by atoms with van der Waals surface area (Å²) in [7, 11) is 0. The van der Waals surface area contributed by atoms with Gasteiger partial charge in [-0.05, 0) is 13.0 Å². The van der Waals surface area contributed by atoms with Crippen molar-refractivity contribution in [3.63, 3.8) is 0 Å². The van der Waals surface area contributed by atoms with Crippen LogP contribution >= 0.6 is 11.6 Å². The number of aromatic nitrogens is 3. The van der Waals surface area contributed by atoms with Crippen LogP contribution in [0.3, 0.4) is 0 Å². The van der Waals surface area contributed by atoms with Gasteiger partial charge >= 0.3 is 0 Å². The molecule has 1 atom stereocenters. The molecule has 1 aliphatic heterocycles. The molecule has 22 heavy (non-hydrogen) atoms. The summed E-state index contributed by atoms with van der Waals surface area (Å²) in [5, 5.41) is 8.47. The second-order valence-corrected chi connectivity index (χ2v) is 5.83. The van der Waals surface area contributed by atoms with Crippen molar-refractivity contribution in [2.45, 2.75) is 19.9 Å². The molecular weight excluding hydrogens is 306 g/mol. The molecule has 8 heteroatoms. The van der Waals surface area contributed by atoms with Gasteiger partial charge in [-0.2, -0.15) is 0 Å². The van der Waals surface area contributed by atoms with E-state index in [1.54, 1.807) is 19.2 Å². The van der Waals surface area contributed by atoms with E-state index < -0.39 is 0 Å². The van der Waals surface area contributed by atoms with Gasteiger partial charge in [-0.15, -0.1) is 10.2 Å². The van der Waals surface area contributed by atoms with E-state index in [-0.39, 0.29) is 11.9 Å². The van der Waals surface area contributed by atoms with E-state index in [2.05, 4.69) is 20.1 Å². The van der Waals surface area contributed by atoms with Crippen molar-refractivity contribution in [3.05, 3.63) is 34.8 Å². The van der Waals surface area contributed by atoms with Crippen molar-refractivity contribution < 1.29 is 9.21 Å². The van der Waals surface area contributed by atoms with Gasteiger partial charge in [0.2, 0.25) is 11.8 Å². The van der Waals surface area contributed by atoms with Gasteiger partial charge in [0.1, 0.15) is 5.69 Å². The number of rotatable bonds is 3. The Kier molecular flexibility index (Phi) is 4.17. The quantitative estimate of drug-likeness (QED) is 0.933. The molecule has 0 aliphatic carbocycles. The minimum atomic E-state index is -0.0205. The van der Waals surface area contributed by atoms with Crippen LogP contribution in [0.4, 0.5) is 0 Å². The zero-order valence-electron chi connectivity index (χ0n) is 12.5. The highest BCUT2D eigenvalue weighted by Crippen LogP contribution is 2.21. The zero-order chi connectivity index (χ0) is 15.7. The van der Waals surface area contributed by atoms with E-state index in [1.165, 1.54) is 0 Å². The highest BCUT2D eigenvalue weighted by molar-refractivity contribution is 6.30. The second kappa shape index (κ2) is 6.10. The lowest BCUT2D eigenvalue weighted by Crippen LogP contribution is -2.49. The Morgan fingerprint density at radius 3 is 2.64 bits per heavy atom. The smallest absolute Gasteiger partial charge is 0.270 e. The molecule has 1 amide bonds. The lowest BCUT2D eigenvalue weighted by molar-refractivity contribution is 0.0553. The molecule has 1 N–H and O–H groups in total. The van der Waals surface area contributed by atoms with E-state index in [0.717, 1.165) is 13.1 Å². The Bertz CT molecular complexity index is 660. The highest BCUT2D eigenvalue weighted by Gasteiger charge is 2.28. The van der Waals surface area contributed by atoms with Crippen LogP contribution < -0.4 is 0 Å². The predicted molar refractivity (Wildman–Crippen MR) is 80.7 cm³/mol. The Morgan fingerprint density at radius 1 is 1.36 bits per heavy atom. The number of aryl methyl sites for hydroxylation is 1. The first-order valence-electron chi connectivity index (χ1n) is 7.22. The van der Waals surface area contributed by atoms with E-state index in [9.17, 15) is 4.79 Å². The highest BCUT2D eigenvalue weighted by atomic mass is 35.5. The van der Waals surface area contributed by atoms with Crippen LogP contribution in [0.5, 0.6) is 0 Å². The first-order valence-corrected chi connectivity index (χ1v) is 7.59. The number of amides is 1. The summed E-state index contributed by atoms with van der Waals surface area (Å²) in [5.74, 6) is 1.17. The zero-order valence-corrected chi connectivity index (χ0v) is 13.3. The maximum Gasteiger partial charge on any atom is 0.270 e. The SMILES string of the molecule is Cc1nnc([C@@H](C)N2CCN(C(=O)c3cc(Cl)c[nH]3)CC2)o1. The number of hydrogen-bond acceptors (Lipinski definition) is 5. The van der Waals surface area contributed by atoms with Gasteiger partial charge in [0.15, 0.2) is 0 Å². The van der Waals surface area contributed by atoms with E-state index in [4.69, 9.17) is 16.0 Å². The van der Waals surface area contributed by atoms with Gasteiger partial charge in [0, 0.05) is 39.3 Å². The summed E-state index contributed by atoms with van der Waals surface area (Å²) in [6.45, 7) is 6.67. The van der Waals surface area contributed by atoms with Gasteiger partial charge in [0.05, 0.1) is 11.1 Å². The standard InChI is InChI=1S/C14H18ClN5O2/c1-9(13-18-17-10(2)22-13)19-3-5-20(6-4-19)14(21)12-7-11(15)8-16-12/h7-9,16H,3-6H2,1-2H3/t9-/m1/s1. The van der Waals surface area contributed by atoms with Gasteiger partial charge in [0.25, 0.3) is 5.91 Å². The molecule has 0 spiro atoms. The number of piperazine rings is 1. The number of hydrogen-bond donors (Lipinski definition) is 1. The summed E-state index contributed by atoms with van der Waals surface area (Å²) in [4.78, 5) is 19.3. The fourth-order valence-corrected chi connectivity index (χ4v) is 2.77. The van der Waals surface area contributed by atoms with Crippen LogP contribution in [-0.4, -0.2) is 57.1 Å². The first kappa shape index (κ1) is 15.1. The topological polar surface area (TPSA) is 78.3 Å². The van der Waals surface area contributed by atoms with Crippen molar-refractivity contribution in [1.82, 2.24) is 25.0 Å². The monoisotopic (exact) mass is 323 g/mol. The molecule has 1 aliphatic rings. The number of carbonyl (C=O) groups excluding carboxylic acids is 1. The third kappa shape index (κ3) is 3.00. The Labute approximate surface area is 133 Å². The summed E-state index contributed by atoms with van der Waals surface area (Å²) in [5.41, 5.74) is 0.527. The third-order valence-electron chi connectivity index (χ3n) is 3.93. The van der Waals surface area contributed by atoms with Crippen molar-refractivity contribution in [3.8, 4) is 0 Å². The van der Waals surface area contributed by atoms with E-state index in [0.29, 0.717) is 35.6 Å². The summed E-state index contributed by atoms with van der Waals surface area (Å²) >= 11 is 5.84. The molecule has 3 rings (SSSR count). The molecule has 7 nitrogen and oxygen atoms in total. The van der Waals surface area contributed by atoms with Crippen LogP contribution in [-0.2, 0) is 0 Å². The van der Waals surface area contributed by atoms with E-state index in [1.807, 2.05) is 11.8 Å². The molecule has 1 saturated heterocycles. The molecule has 0 aromatic carbocycles. The number of nitrogens with zero attached hydrogens (tertiary/aromatic N) is 4. The van der Waals surface area contributed by atoms with Crippen LogP contribution in [0.1, 0.15) is 35.2 Å². The van der Waals surface area contributed by atoms with Crippen LogP contribution in [0.25, 0.3) is 0 Å². The molecule has 0 unspecified atom stereocenters. The fourth-order valence-electron chi connectivity index (χ4n) is 2.61. The molecule has 0 saturated carbocycles. The van der Waals surface area contributed by atoms with E-state index >= 15 is 0 Å². The predicted octanol–water partition coefficient (Wildman–Crippen LogP) is 1.88. The second-order valence-electron chi connectivity index (χ2n) is 5.40. The maximum absolute atomic E-state index is 12.3. The third-order valence-corrected chi connectivity index (χ3v) is 4.14. The van der Waals surface area contributed by atoms with Gasteiger partial charge < -0.3 is 14.3 Å². The minimum absolute atomic E-state index is 0.0205. The normalized spacial score (nSPS) is 17.7. The Balaban J connectivity index is 1.59. The first-order chi connectivity index (χ1) is 10.5. The van der Waals surface area contributed by atoms with Gasteiger partial charge in [-0.1, -0.05) is 11.6 Å². The summed E-state index contributed by atoms with van der Waals surface area (Å²) in [6, 6.07) is 1.71. The van der Waals surface area contributed by atoms with Crippen molar-refractivity contribution in [2.24, 2.45) is 0 Å². The molecule has 2 aromatic rings. The molecular formula is C14H18ClN5O2. The average Bonchev–Trinajstić information content (AvgIpc) is 3.14. The average molecular weight is 324 g/mol. The van der Waals surface area contributed by atoms with Crippen LogP contribution in [0.2, 0.25) is 5.02 Å².